The molecule has 0 heterocycles. The fraction of sp³-hybridized carbons (Fsp3) is 0.222. The van der Waals surface area contributed by atoms with Crippen LogP contribution in [0.1, 0.15) is 11.1 Å². The first kappa shape index (κ1) is 20.5. The Bertz CT molecular complexity index is 684. The van der Waals surface area contributed by atoms with E-state index in [1.165, 1.54) is 38.8 Å². The van der Waals surface area contributed by atoms with Crippen molar-refractivity contribution in [1.82, 2.24) is 0 Å². The number of hydrogen-bond donors (Lipinski definition) is 0. The van der Waals surface area contributed by atoms with Crippen molar-refractivity contribution in [3.05, 3.63) is 47.5 Å². The normalized spacial score (nSPS) is 10.8. The minimum absolute atomic E-state index is 0. The van der Waals surface area contributed by atoms with E-state index >= 15 is 0 Å². The summed E-state index contributed by atoms with van der Waals surface area (Å²) < 4.78 is 10.1. The SMILES string of the molecule is COc1ccc([O-])c(C=NCCN=Cc2cc(OC)ccc2[O-])c1.[Co+2]. The largest absolute Gasteiger partial charge is 2.00 e. The Labute approximate surface area is 157 Å². The van der Waals surface area contributed by atoms with Crippen LogP contribution in [0.3, 0.4) is 0 Å². The average Bonchev–Trinajstić information content (AvgIpc) is 2.60. The molecule has 0 spiro atoms. The molecule has 0 saturated carbocycles. The molecule has 0 aliphatic rings. The number of methoxy groups -OCH3 is 2. The van der Waals surface area contributed by atoms with Crippen LogP contribution in [0, 0.1) is 0 Å². The van der Waals surface area contributed by atoms with Crippen molar-refractivity contribution in [1.29, 1.82) is 0 Å². The minimum atomic E-state index is -0.115. The molecule has 0 aromatic heterocycles. The van der Waals surface area contributed by atoms with Gasteiger partial charge in [-0.2, -0.15) is 0 Å². The summed E-state index contributed by atoms with van der Waals surface area (Å²) >= 11 is 0. The molecule has 7 heteroatoms. The van der Waals surface area contributed by atoms with E-state index in [1.54, 1.807) is 24.3 Å². The number of hydrogen-bond acceptors (Lipinski definition) is 6. The van der Waals surface area contributed by atoms with Crippen LogP contribution in [-0.2, 0) is 16.8 Å². The second kappa shape index (κ2) is 10.4. The predicted molar refractivity (Wildman–Crippen MR) is 89.8 cm³/mol. The smallest absolute Gasteiger partial charge is 0.872 e. The third-order valence-electron chi connectivity index (χ3n) is 3.25. The van der Waals surface area contributed by atoms with Crippen molar-refractivity contribution in [3.8, 4) is 23.0 Å². The molecular formula is C18H18CoN2O4. The Balaban J connectivity index is 0.00000312. The first-order valence-electron chi connectivity index (χ1n) is 7.34. The Morgan fingerprint density at radius 3 is 1.56 bits per heavy atom. The molecule has 0 N–H and O–H groups in total. The van der Waals surface area contributed by atoms with Gasteiger partial charge in [0.2, 0.25) is 0 Å². The van der Waals surface area contributed by atoms with Crippen LogP contribution in [0.2, 0.25) is 0 Å². The molecule has 0 amide bonds. The monoisotopic (exact) mass is 385 g/mol. The summed E-state index contributed by atoms with van der Waals surface area (Å²) in [6.07, 6.45) is 3.01. The Hall–Kier alpha value is -2.51. The van der Waals surface area contributed by atoms with Crippen molar-refractivity contribution < 1.29 is 36.5 Å². The van der Waals surface area contributed by atoms with Gasteiger partial charge in [-0.3, -0.25) is 9.98 Å². The van der Waals surface area contributed by atoms with E-state index < -0.39 is 0 Å². The molecule has 133 valence electrons. The van der Waals surface area contributed by atoms with Crippen LogP contribution in [-0.4, -0.2) is 39.7 Å². The number of benzene rings is 2. The molecule has 0 unspecified atom stereocenters. The average molecular weight is 385 g/mol. The number of ether oxygens (including phenoxy) is 2. The van der Waals surface area contributed by atoms with Crippen LogP contribution in [0.15, 0.2) is 46.4 Å². The molecule has 2 aromatic carbocycles. The standard InChI is InChI=1S/C18H20N2O4.Co/c1-23-15-3-5-17(21)13(9-15)11-19-7-8-20-12-14-10-16(24-2)4-6-18(14)22;/h3-6,9-12,21-22H,7-8H2,1-2H3;/q;+2/p-2. The zero-order chi connectivity index (χ0) is 17.4. The van der Waals surface area contributed by atoms with E-state index in [1.807, 2.05) is 0 Å². The quantitative estimate of drug-likeness (QED) is 0.532. The van der Waals surface area contributed by atoms with Crippen molar-refractivity contribution in [3.63, 3.8) is 0 Å². The molecular weight excluding hydrogens is 367 g/mol. The second-order valence-corrected chi connectivity index (χ2v) is 4.88. The van der Waals surface area contributed by atoms with Crippen LogP contribution in [0.25, 0.3) is 0 Å². The fourth-order valence-corrected chi connectivity index (χ4v) is 1.95. The van der Waals surface area contributed by atoms with Crippen molar-refractivity contribution in [2.24, 2.45) is 9.98 Å². The van der Waals surface area contributed by atoms with Gasteiger partial charge in [-0.1, -0.05) is 23.6 Å². The van der Waals surface area contributed by atoms with Gasteiger partial charge in [0.1, 0.15) is 11.5 Å². The fourth-order valence-electron chi connectivity index (χ4n) is 1.95. The Kier molecular flexibility index (Phi) is 8.52. The van der Waals surface area contributed by atoms with Gasteiger partial charge in [-0.15, -0.1) is 0 Å². The summed E-state index contributed by atoms with van der Waals surface area (Å²) in [5.74, 6) is 0.982. The molecule has 0 saturated heterocycles. The van der Waals surface area contributed by atoms with Crippen LogP contribution in [0.4, 0.5) is 0 Å². The molecule has 0 aliphatic carbocycles. The Morgan fingerprint density at radius 1 is 0.800 bits per heavy atom. The maximum atomic E-state index is 11.7. The summed E-state index contributed by atoms with van der Waals surface area (Å²) in [7, 11) is 3.08. The molecule has 0 fully saturated rings. The van der Waals surface area contributed by atoms with E-state index in [4.69, 9.17) is 9.47 Å². The number of aliphatic imine (C=N–C) groups is 2. The van der Waals surface area contributed by atoms with Crippen LogP contribution in [0.5, 0.6) is 23.0 Å². The van der Waals surface area contributed by atoms with E-state index in [2.05, 4.69) is 9.98 Å². The zero-order valence-corrected chi connectivity index (χ0v) is 14.9. The van der Waals surface area contributed by atoms with E-state index in [9.17, 15) is 10.2 Å². The number of rotatable bonds is 7. The molecule has 0 bridgehead atoms. The first-order valence-corrected chi connectivity index (χ1v) is 7.34. The summed E-state index contributed by atoms with van der Waals surface area (Å²) in [5.41, 5.74) is 0.931. The molecule has 0 atom stereocenters. The van der Waals surface area contributed by atoms with Crippen molar-refractivity contribution >= 4 is 12.4 Å². The molecule has 6 nitrogen and oxygen atoms in total. The van der Waals surface area contributed by atoms with E-state index in [0.29, 0.717) is 35.7 Å². The van der Waals surface area contributed by atoms with Crippen molar-refractivity contribution in [2.45, 2.75) is 0 Å². The maximum Gasteiger partial charge on any atom is 2.00 e. The van der Waals surface area contributed by atoms with Crippen LogP contribution >= 0.6 is 0 Å². The molecule has 25 heavy (non-hydrogen) atoms. The molecule has 2 rings (SSSR count). The van der Waals surface area contributed by atoms with Gasteiger partial charge in [-0.05, 0) is 35.4 Å². The van der Waals surface area contributed by atoms with E-state index in [0.717, 1.165) is 0 Å². The predicted octanol–water partition coefficient (Wildman–Crippen LogP) is 1.39. The summed E-state index contributed by atoms with van der Waals surface area (Å²) in [5, 5.41) is 23.3. The topological polar surface area (TPSA) is 89.3 Å². The van der Waals surface area contributed by atoms with Gasteiger partial charge >= 0.3 is 16.8 Å². The van der Waals surface area contributed by atoms with Gasteiger partial charge < -0.3 is 19.7 Å². The third kappa shape index (κ3) is 6.13. The summed E-state index contributed by atoms with van der Waals surface area (Å²) in [6.45, 7) is 0.816. The minimum Gasteiger partial charge on any atom is -0.872 e. The third-order valence-corrected chi connectivity index (χ3v) is 3.25. The van der Waals surface area contributed by atoms with Gasteiger partial charge in [-0.25, -0.2) is 0 Å². The zero-order valence-electron chi connectivity index (χ0n) is 13.9. The summed E-state index contributed by atoms with van der Waals surface area (Å²) in [6, 6.07) is 9.37. The second-order valence-electron chi connectivity index (χ2n) is 4.88. The maximum absolute atomic E-state index is 11.7. The van der Waals surface area contributed by atoms with Gasteiger partial charge in [0.05, 0.1) is 27.3 Å². The van der Waals surface area contributed by atoms with Gasteiger partial charge in [0.15, 0.2) is 0 Å². The van der Waals surface area contributed by atoms with Crippen LogP contribution < -0.4 is 19.7 Å². The first-order chi connectivity index (χ1) is 11.6. The molecule has 2 aromatic rings. The number of nitrogens with zero attached hydrogens (tertiary/aromatic N) is 2. The van der Waals surface area contributed by atoms with Gasteiger partial charge in [0, 0.05) is 12.4 Å². The molecule has 1 radical (unpaired) electrons. The Morgan fingerprint density at radius 2 is 1.20 bits per heavy atom. The van der Waals surface area contributed by atoms with Crippen molar-refractivity contribution in [2.75, 3.05) is 27.3 Å². The van der Waals surface area contributed by atoms with Gasteiger partial charge in [0.25, 0.3) is 0 Å². The summed E-state index contributed by atoms with van der Waals surface area (Å²) in [4.78, 5) is 8.34. The van der Waals surface area contributed by atoms with E-state index in [-0.39, 0.29) is 28.3 Å². The molecule has 0 aliphatic heterocycles.